The first-order valence-corrected chi connectivity index (χ1v) is 8.04. The Hall–Kier alpha value is -2.55. The van der Waals surface area contributed by atoms with Crippen molar-refractivity contribution >= 4 is 28.9 Å². The number of imidazole rings is 1. The van der Waals surface area contributed by atoms with Crippen molar-refractivity contribution in [3.05, 3.63) is 59.9 Å². The molecule has 0 amide bonds. The molecule has 0 radical (unpaired) electrons. The van der Waals surface area contributed by atoms with Gasteiger partial charge in [0.15, 0.2) is 11.0 Å². The van der Waals surface area contributed by atoms with Crippen molar-refractivity contribution in [3.63, 3.8) is 0 Å². The van der Waals surface area contributed by atoms with Crippen molar-refractivity contribution in [2.45, 2.75) is 6.92 Å². The molecule has 118 valence electrons. The molecule has 3 nitrogen and oxygen atoms in total. The maximum Gasteiger partial charge on any atom is 0.281 e. The average Bonchev–Trinajstić information content (AvgIpc) is 2.84. The monoisotopic (exact) mass is 306 g/mol. The van der Waals surface area contributed by atoms with E-state index in [1.165, 1.54) is 28.1 Å². The second-order valence-electron chi connectivity index (χ2n) is 5.90. The maximum atomic E-state index is 2.23. The van der Waals surface area contributed by atoms with E-state index < -0.39 is 0 Å². The quantitative estimate of drug-likeness (QED) is 0.670. The maximum absolute atomic E-state index is 2.23. The second-order valence-corrected chi connectivity index (χ2v) is 5.90. The van der Waals surface area contributed by atoms with E-state index in [9.17, 15) is 0 Å². The van der Waals surface area contributed by atoms with Crippen molar-refractivity contribution in [3.8, 4) is 0 Å². The molecule has 1 aromatic heterocycles. The molecule has 3 aromatic rings. The Balaban J connectivity index is 1.91. The van der Waals surface area contributed by atoms with E-state index in [2.05, 4.69) is 103 Å². The summed E-state index contributed by atoms with van der Waals surface area (Å²) < 4.78 is 4.45. The van der Waals surface area contributed by atoms with Crippen LogP contribution in [0.4, 0.5) is 5.69 Å². The lowest BCUT2D eigenvalue weighted by molar-refractivity contribution is -0.647. The molecule has 3 heteroatoms. The molecule has 0 N–H and O–H groups in total. The number of nitrogens with zero attached hydrogens (tertiary/aromatic N) is 3. The standard InChI is InChI=1S/C20H24N3/c1-5-21(2)17-13-10-16(11-14-17)12-15-20-22(3)18-8-6-7-9-19(18)23(20)4/h6-15H,5H2,1-4H3/q+1. The number of benzene rings is 2. The van der Waals surface area contributed by atoms with Crippen LogP contribution in [0.25, 0.3) is 23.2 Å². The molecule has 0 aliphatic heterocycles. The highest BCUT2D eigenvalue weighted by atomic mass is 15.1. The fourth-order valence-corrected chi connectivity index (χ4v) is 2.92. The van der Waals surface area contributed by atoms with E-state index in [-0.39, 0.29) is 0 Å². The van der Waals surface area contributed by atoms with Crippen LogP contribution >= 0.6 is 0 Å². The minimum Gasteiger partial charge on any atom is -0.375 e. The van der Waals surface area contributed by atoms with Crippen LogP contribution in [0.15, 0.2) is 48.5 Å². The molecule has 0 saturated heterocycles. The fourth-order valence-electron chi connectivity index (χ4n) is 2.92. The summed E-state index contributed by atoms with van der Waals surface area (Å²) in [5, 5.41) is 0. The summed E-state index contributed by atoms with van der Waals surface area (Å²) in [5.41, 5.74) is 4.95. The predicted molar refractivity (Wildman–Crippen MR) is 98.4 cm³/mol. The molecule has 0 aliphatic rings. The van der Waals surface area contributed by atoms with Crippen LogP contribution in [0.5, 0.6) is 0 Å². The molecule has 0 unspecified atom stereocenters. The average molecular weight is 306 g/mol. The highest BCUT2D eigenvalue weighted by Gasteiger charge is 2.16. The molecule has 23 heavy (non-hydrogen) atoms. The van der Waals surface area contributed by atoms with Crippen LogP contribution in [0.1, 0.15) is 18.3 Å². The number of anilines is 1. The number of aromatic nitrogens is 2. The van der Waals surface area contributed by atoms with Crippen LogP contribution in [-0.2, 0) is 14.1 Å². The van der Waals surface area contributed by atoms with Gasteiger partial charge in [-0.1, -0.05) is 24.3 Å². The third kappa shape index (κ3) is 2.87. The van der Waals surface area contributed by atoms with Gasteiger partial charge in [0.1, 0.15) is 0 Å². The molecule has 0 spiro atoms. The first-order chi connectivity index (χ1) is 11.1. The van der Waals surface area contributed by atoms with Gasteiger partial charge in [-0.05, 0) is 42.8 Å². The van der Waals surface area contributed by atoms with E-state index in [1.54, 1.807) is 0 Å². The van der Waals surface area contributed by atoms with Gasteiger partial charge in [-0.2, -0.15) is 0 Å². The summed E-state index contributed by atoms with van der Waals surface area (Å²) in [4.78, 5) is 2.23. The Kier molecular flexibility index (Phi) is 4.20. The number of hydrogen-bond donors (Lipinski definition) is 0. The van der Waals surface area contributed by atoms with Gasteiger partial charge in [-0.25, -0.2) is 9.13 Å². The van der Waals surface area contributed by atoms with E-state index in [4.69, 9.17) is 0 Å². The molecule has 2 aromatic carbocycles. The van der Waals surface area contributed by atoms with Crippen LogP contribution < -0.4 is 9.47 Å². The largest absolute Gasteiger partial charge is 0.375 e. The minimum atomic E-state index is 1.01. The summed E-state index contributed by atoms with van der Waals surface area (Å²) in [7, 11) is 6.34. The zero-order valence-corrected chi connectivity index (χ0v) is 14.3. The van der Waals surface area contributed by atoms with Gasteiger partial charge in [0.25, 0.3) is 5.82 Å². The molecular weight excluding hydrogens is 282 g/mol. The zero-order valence-electron chi connectivity index (χ0n) is 14.3. The zero-order chi connectivity index (χ0) is 16.4. The van der Waals surface area contributed by atoms with Gasteiger partial charge in [0.05, 0.1) is 14.1 Å². The summed E-state index contributed by atoms with van der Waals surface area (Å²) in [6, 6.07) is 17.2. The van der Waals surface area contributed by atoms with Crippen molar-refractivity contribution < 1.29 is 4.57 Å². The first kappa shape index (κ1) is 15.3. The van der Waals surface area contributed by atoms with E-state index in [0.29, 0.717) is 0 Å². The molecule has 0 atom stereocenters. The van der Waals surface area contributed by atoms with E-state index in [0.717, 1.165) is 6.54 Å². The van der Waals surface area contributed by atoms with Crippen molar-refractivity contribution in [1.29, 1.82) is 0 Å². The summed E-state index contributed by atoms with van der Waals surface area (Å²) >= 11 is 0. The third-order valence-corrected chi connectivity index (χ3v) is 4.52. The Morgan fingerprint density at radius 1 is 1.04 bits per heavy atom. The molecule has 0 bridgehead atoms. The first-order valence-electron chi connectivity index (χ1n) is 8.04. The molecule has 0 fully saturated rings. The van der Waals surface area contributed by atoms with Crippen LogP contribution in [0.2, 0.25) is 0 Å². The van der Waals surface area contributed by atoms with Crippen LogP contribution in [-0.4, -0.2) is 18.2 Å². The number of fused-ring (bicyclic) bond motifs is 1. The van der Waals surface area contributed by atoms with Crippen LogP contribution in [0.3, 0.4) is 0 Å². The normalized spacial score (nSPS) is 11.5. The topological polar surface area (TPSA) is 12.1 Å². The Morgan fingerprint density at radius 3 is 2.39 bits per heavy atom. The lowest BCUT2D eigenvalue weighted by Gasteiger charge is -2.16. The highest BCUT2D eigenvalue weighted by molar-refractivity contribution is 5.76. The summed E-state index contributed by atoms with van der Waals surface area (Å²) in [6.07, 6.45) is 4.35. The van der Waals surface area contributed by atoms with Gasteiger partial charge in [-0.15, -0.1) is 0 Å². The number of hydrogen-bond acceptors (Lipinski definition) is 1. The fraction of sp³-hybridized carbons (Fsp3) is 0.250. The van der Waals surface area contributed by atoms with Crippen molar-refractivity contribution in [2.24, 2.45) is 14.1 Å². The minimum absolute atomic E-state index is 1.01. The molecule has 0 aliphatic carbocycles. The van der Waals surface area contributed by atoms with Gasteiger partial charge in [0.2, 0.25) is 0 Å². The Bertz CT molecular complexity index is 802. The Labute approximate surface area is 138 Å². The summed E-state index contributed by atoms with van der Waals surface area (Å²) in [6.45, 7) is 3.18. The van der Waals surface area contributed by atoms with Crippen LogP contribution in [0, 0.1) is 0 Å². The van der Waals surface area contributed by atoms with Crippen molar-refractivity contribution in [2.75, 3.05) is 18.5 Å². The Morgan fingerprint density at radius 2 is 1.74 bits per heavy atom. The van der Waals surface area contributed by atoms with Gasteiger partial charge < -0.3 is 4.90 Å². The molecular formula is C20H24N3+. The second kappa shape index (κ2) is 6.29. The van der Waals surface area contributed by atoms with Gasteiger partial charge >= 0.3 is 0 Å². The van der Waals surface area contributed by atoms with Gasteiger partial charge in [-0.3, -0.25) is 0 Å². The number of rotatable bonds is 4. The van der Waals surface area contributed by atoms with E-state index in [1.807, 2.05) is 0 Å². The lowest BCUT2D eigenvalue weighted by atomic mass is 10.2. The van der Waals surface area contributed by atoms with Gasteiger partial charge in [0, 0.05) is 25.4 Å². The molecule has 3 rings (SSSR count). The molecule has 0 saturated carbocycles. The predicted octanol–water partition coefficient (Wildman–Crippen LogP) is 3.63. The van der Waals surface area contributed by atoms with E-state index >= 15 is 0 Å². The summed E-state index contributed by atoms with van der Waals surface area (Å²) in [5.74, 6) is 1.18. The third-order valence-electron chi connectivity index (χ3n) is 4.52. The molecule has 1 heterocycles. The number of para-hydroxylation sites is 2. The lowest BCUT2D eigenvalue weighted by Crippen LogP contribution is -2.30. The van der Waals surface area contributed by atoms with Crippen molar-refractivity contribution in [1.82, 2.24) is 4.57 Å². The highest BCUT2D eigenvalue weighted by Crippen LogP contribution is 2.17. The number of aryl methyl sites for hydroxylation is 2. The smallest absolute Gasteiger partial charge is 0.281 e. The SMILES string of the molecule is CCN(C)c1ccc(C=Cc2n(C)c3ccccc3[n+]2C)cc1.